The van der Waals surface area contributed by atoms with E-state index in [4.69, 9.17) is 12.2 Å². The Labute approximate surface area is 156 Å². The first-order chi connectivity index (χ1) is 12.3. The summed E-state index contributed by atoms with van der Waals surface area (Å²) in [4.78, 5) is 38.6. The number of non-ortho nitro benzene ring substituents is 1. The van der Waals surface area contributed by atoms with Gasteiger partial charge in [0.1, 0.15) is 5.57 Å². The van der Waals surface area contributed by atoms with E-state index in [0.29, 0.717) is 17.8 Å². The van der Waals surface area contributed by atoms with Crippen LogP contribution in [0.25, 0.3) is 6.08 Å². The molecule has 1 fully saturated rings. The third-order valence-corrected chi connectivity index (χ3v) is 4.25. The predicted molar refractivity (Wildman–Crippen MR) is 103 cm³/mol. The van der Waals surface area contributed by atoms with Crippen molar-refractivity contribution in [2.45, 2.75) is 19.8 Å². The zero-order valence-electron chi connectivity index (χ0n) is 14.8. The zero-order valence-corrected chi connectivity index (χ0v) is 15.6. The molecule has 0 spiro atoms. The third-order valence-electron chi connectivity index (χ3n) is 3.92. The number of unbranched alkanes of at least 4 members (excludes halogenated alkanes) is 1. The van der Waals surface area contributed by atoms with Gasteiger partial charge in [-0.2, -0.15) is 0 Å². The van der Waals surface area contributed by atoms with Gasteiger partial charge in [-0.3, -0.25) is 29.9 Å². The van der Waals surface area contributed by atoms with Crippen LogP contribution in [0.2, 0.25) is 0 Å². The maximum atomic E-state index is 12.7. The highest BCUT2D eigenvalue weighted by Crippen LogP contribution is 2.27. The Morgan fingerprint density at radius 1 is 1.35 bits per heavy atom. The molecule has 1 N–H and O–H groups in total. The number of carbonyl (C=O) groups excluding carboxylic acids is 2. The van der Waals surface area contributed by atoms with E-state index < -0.39 is 16.7 Å². The standard InChI is InChI=1S/C17H20N4O4S/c1-4-5-8-20-16(23)13(15(22)18-17(20)26)10-11-9-12(21(24)25)6-7-14(11)19(2)3/h6-7,9-10H,4-5,8H2,1-3H3,(H,18,22,26)/b13-10-. The van der Waals surface area contributed by atoms with Gasteiger partial charge >= 0.3 is 0 Å². The number of nitro groups is 1. The second-order valence-corrected chi connectivity index (χ2v) is 6.41. The first-order valence-corrected chi connectivity index (χ1v) is 8.51. The lowest BCUT2D eigenvalue weighted by atomic mass is 10.0. The van der Waals surface area contributed by atoms with Gasteiger partial charge in [-0.05, 0) is 30.8 Å². The van der Waals surface area contributed by atoms with Crippen LogP contribution in [-0.2, 0) is 9.59 Å². The van der Waals surface area contributed by atoms with Gasteiger partial charge in [0, 0.05) is 44.0 Å². The van der Waals surface area contributed by atoms with Crippen molar-refractivity contribution in [1.82, 2.24) is 10.2 Å². The number of thiocarbonyl (C=S) groups is 1. The summed E-state index contributed by atoms with van der Waals surface area (Å²) in [6, 6.07) is 4.30. The van der Waals surface area contributed by atoms with Gasteiger partial charge in [-0.25, -0.2) is 0 Å². The van der Waals surface area contributed by atoms with Crippen molar-refractivity contribution in [1.29, 1.82) is 0 Å². The lowest BCUT2D eigenvalue weighted by Crippen LogP contribution is -2.54. The van der Waals surface area contributed by atoms with Crippen LogP contribution in [0.1, 0.15) is 25.3 Å². The number of hydrogen-bond donors (Lipinski definition) is 1. The highest BCUT2D eigenvalue weighted by atomic mass is 32.1. The molecule has 1 aromatic rings. The Balaban J connectivity index is 2.50. The summed E-state index contributed by atoms with van der Waals surface area (Å²) < 4.78 is 0. The van der Waals surface area contributed by atoms with E-state index in [1.807, 2.05) is 6.92 Å². The SMILES string of the molecule is CCCCN1C(=O)/C(=C\c2cc([N+](=O)[O-])ccc2N(C)C)C(=O)NC1=S. The molecule has 26 heavy (non-hydrogen) atoms. The van der Waals surface area contributed by atoms with Crippen molar-refractivity contribution in [2.75, 3.05) is 25.5 Å². The zero-order chi connectivity index (χ0) is 19.4. The topological polar surface area (TPSA) is 95.8 Å². The van der Waals surface area contributed by atoms with Crippen molar-refractivity contribution in [3.63, 3.8) is 0 Å². The minimum atomic E-state index is -0.607. The fourth-order valence-corrected chi connectivity index (χ4v) is 2.81. The number of hydrogen-bond acceptors (Lipinski definition) is 6. The number of nitrogens with one attached hydrogen (secondary N) is 1. The van der Waals surface area contributed by atoms with Gasteiger partial charge in [0.15, 0.2) is 5.11 Å². The minimum Gasteiger partial charge on any atom is -0.377 e. The molecule has 0 aliphatic carbocycles. The molecule has 0 radical (unpaired) electrons. The van der Waals surface area contributed by atoms with Crippen LogP contribution < -0.4 is 10.2 Å². The molecule has 0 saturated carbocycles. The number of amides is 2. The monoisotopic (exact) mass is 376 g/mol. The first kappa shape index (κ1) is 19.5. The molecule has 1 saturated heterocycles. The van der Waals surface area contributed by atoms with E-state index in [1.165, 1.54) is 23.1 Å². The molecule has 9 heteroatoms. The summed E-state index contributed by atoms with van der Waals surface area (Å²) in [7, 11) is 3.54. The van der Waals surface area contributed by atoms with E-state index in [9.17, 15) is 19.7 Å². The fraction of sp³-hybridized carbons (Fsp3) is 0.353. The van der Waals surface area contributed by atoms with Crippen molar-refractivity contribution in [2.24, 2.45) is 0 Å². The van der Waals surface area contributed by atoms with Crippen molar-refractivity contribution >= 4 is 46.6 Å². The number of benzene rings is 1. The smallest absolute Gasteiger partial charge is 0.270 e. The summed E-state index contributed by atoms with van der Waals surface area (Å²) in [5.41, 5.74) is 0.839. The quantitative estimate of drug-likeness (QED) is 0.268. The van der Waals surface area contributed by atoms with Gasteiger partial charge in [0.05, 0.1) is 4.92 Å². The van der Waals surface area contributed by atoms with Gasteiger partial charge in [0.2, 0.25) is 0 Å². The molecule has 2 amide bonds. The highest BCUT2D eigenvalue weighted by molar-refractivity contribution is 7.80. The molecule has 0 aromatic heterocycles. The molecule has 0 atom stereocenters. The molecule has 0 bridgehead atoms. The number of nitrogens with zero attached hydrogens (tertiary/aromatic N) is 3. The second kappa shape index (κ2) is 8.05. The van der Waals surface area contributed by atoms with Crippen LogP contribution in [0.4, 0.5) is 11.4 Å². The third kappa shape index (κ3) is 4.05. The van der Waals surface area contributed by atoms with Crippen LogP contribution in [0.5, 0.6) is 0 Å². The Bertz CT molecular complexity index is 804. The molecule has 8 nitrogen and oxygen atoms in total. The maximum absolute atomic E-state index is 12.7. The Hall–Kier alpha value is -2.81. The second-order valence-electron chi connectivity index (χ2n) is 6.02. The number of rotatable bonds is 6. The number of nitro benzene ring substituents is 1. The van der Waals surface area contributed by atoms with Gasteiger partial charge in [-0.1, -0.05) is 13.3 Å². The van der Waals surface area contributed by atoms with E-state index >= 15 is 0 Å². The Morgan fingerprint density at radius 2 is 2.04 bits per heavy atom. The molecule has 1 aliphatic heterocycles. The van der Waals surface area contributed by atoms with Crippen LogP contribution >= 0.6 is 12.2 Å². The van der Waals surface area contributed by atoms with Crippen molar-refractivity contribution in [3.05, 3.63) is 39.4 Å². The summed E-state index contributed by atoms with van der Waals surface area (Å²) in [6.45, 7) is 2.39. The predicted octanol–water partition coefficient (Wildman–Crippen LogP) is 2.09. The van der Waals surface area contributed by atoms with E-state index in [0.717, 1.165) is 12.8 Å². The van der Waals surface area contributed by atoms with Crippen molar-refractivity contribution in [3.8, 4) is 0 Å². The number of anilines is 1. The van der Waals surface area contributed by atoms with Gasteiger partial charge in [0.25, 0.3) is 17.5 Å². The van der Waals surface area contributed by atoms with Gasteiger partial charge in [-0.15, -0.1) is 0 Å². The highest BCUT2D eigenvalue weighted by Gasteiger charge is 2.33. The minimum absolute atomic E-state index is 0.0810. The van der Waals surface area contributed by atoms with E-state index in [1.54, 1.807) is 25.1 Å². The number of carbonyl (C=O) groups is 2. The molecule has 1 heterocycles. The Morgan fingerprint density at radius 3 is 2.62 bits per heavy atom. The summed E-state index contributed by atoms with van der Waals surface area (Å²) in [5.74, 6) is -1.10. The molecule has 2 rings (SSSR count). The van der Waals surface area contributed by atoms with Crippen LogP contribution in [0, 0.1) is 10.1 Å². The fourth-order valence-electron chi connectivity index (χ4n) is 2.55. The summed E-state index contributed by atoms with van der Waals surface area (Å²) >= 11 is 5.08. The van der Waals surface area contributed by atoms with Crippen LogP contribution in [0.3, 0.4) is 0 Å². The van der Waals surface area contributed by atoms with Crippen LogP contribution in [0.15, 0.2) is 23.8 Å². The molecule has 1 aliphatic rings. The largest absolute Gasteiger partial charge is 0.377 e. The van der Waals surface area contributed by atoms with E-state index in [2.05, 4.69) is 5.32 Å². The summed E-state index contributed by atoms with van der Waals surface area (Å²) in [5, 5.41) is 13.7. The molecule has 0 unspecified atom stereocenters. The maximum Gasteiger partial charge on any atom is 0.270 e. The van der Waals surface area contributed by atoms with Crippen LogP contribution in [-0.4, -0.2) is 47.4 Å². The van der Waals surface area contributed by atoms with Crippen molar-refractivity contribution < 1.29 is 14.5 Å². The molecular weight excluding hydrogens is 356 g/mol. The lowest BCUT2D eigenvalue weighted by molar-refractivity contribution is -0.384. The first-order valence-electron chi connectivity index (χ1n) is 8.11. The normalized spacial score (nSPS) is 16.0. The molecule has 1 aromatic carbocycles. The average Bonchev–Trinajstić information content (AvgIpc) is 2.58. The van der Waals surface area contributed by atoms with E-state index in [-0.39, 0.29) is 16.4 Å². The summed E-state index contributed by atoms with van der Waals surface area (Å²) in [6.07, 6.45) is 2.99. The molecule has 138 valence electrons. The van der Waals surface area contributed by atoms with Gasteiger partial charge < -0.3 is 4.90 Å². The average molecular weight is 376 g/mol. The molecular formula is C17H20N4O4S. The lowest BCUT2D eigenvalue weighted by Gasteiger charge is -2.29. The Kier molecular flexibility index (Phi) is 6.04.